The molecule has 0 aliphatic rings. The fourth-order valence-corrected chi connectivity index (χ4v) is 1.47. The van der Waals surface area contributed by atoms with Crippen LogP contribution in [0.3, 0.4) is 0 Å². The van der Waals surface area contributed by atoms with Gasteiger partial charge in [-0.2, -0.15) is 0 Å². The first-order valence-corrected chi connectivity index (χ1v) is 5.67. The predicted molar refractivity (Wildman–Crippen MR) is 72.4 cm³/mol. The first kappa shape index (κ1) is 12.7. The highest BCUT2D eigenvalue weighted by molar-refractivity contribution is 6.05. The average molecular weight is 252 g/mol. The molecule has 1 aromatic carbocycles. The third-order valence-corrected chi connectivity index (χ3v) is 2.29. The predicted octanol–water partition coefficient (Wildman–Crippen LogP) is 1.04. The molecule has 2 rings (SSSR count). The molecule has 1 aromatic heterocycles. The zero-order valence-electron chi connectivity index (χ0n) is 10.1. The van der Waals surface area contributed by atoms with Crippen molar-refractivity contribution in [2.75, 3.05) is 11.9 Å². The molecule has 0 bridgehead atoms. The highest BCUT2D eigenvalue weighted by Crippen LogP contribution is 2.09. The summed E-state index contributed by atoms with van der Waals surface area (Å²) >= 11 is 0. The van der Waals surface area contributed by atoms with Crippen LogP contribution < -0.4 is 11.1 Å². The van der Waals surface area contributed by atoms with Crippen molar-refractivity contribution < 1.29 is 4.79 Å². The second-order valence-corrected chi connectivity index (χ2v) is 3.58. The Hall–Kier alpha value is -2.71. The molecule has 0 unspecified atom stereocenters. The Kier molecular flexibility index (Phi) is 4.21. The number of hydrogen-bond donors (Lipinski definition) is 2. The lowest BCUT2D eigenvalue weighted by Crippen LogP contribution is -2.15. The van der Waals surface area contributed by atoms with E-state index in [1.165, 1.54) is 0 Å². The van der Waals surface area contributed by atoms with Crippen molar-refractivity contribution in [3.8, 4) is 11.8 Å². The third kappa shape index (κ3) is 3.37. The molecule has 0 saturated heterocycles. The summed E-state index contributed by atoms with van der Waals surface area (Å²) < 4.78 is 0. The molecule has 1 heterocycles. The maximum atomic E-state index is 12.1. The van der Waals surface area contributed by atoms with Gasteiger partial charge in [0.15, 0.2) is 0 Å². The van der Waals surface area contributed by atoms with Crippen LogP contribution in [0.5, 0.6) is 0 Å². The van der Waals surface area contributed by atoms with Crippen LogP contribution in [0.15, 0.2) is 42.7 Å². The van der Waals surface area contributed by atoms with Gasteiger partial charge in [-0.25, -0.2) is 9.97 Å². The first-order valence-electron chi connectivity index (χ1n) is 5.67. The molecule has 2 aromatic rings. The van der Waals surface area contributed by atoms with E-state index in [1.807, 2.05) is 6.07 Å². The summed E-state index contributed by atoms with van der Waals surface area (Å²) in [7, 11) is 0. The van der Waals surface area contributed by atoms with Gasteiger partial charge < -0.3 is 5.73 Å². The number of amides is 1. The Morgan fingerprint density at radius 3 is 2.68 bits per heavy atom. The summed E-state index contributed by atoms with van der Waals surface area (Å²) in [5, 5.41) is 2.61. The van der Waals surface area contributed by atoms with Crippen LogP contribution >= 0.6 is 0 Å². The van der Waals surface area contributed by atoms with Gasteiger partial charge in [0.1, 0.15) is 0 Å². The van der Waals surface area contributed by atoms with Crippen LogP contribution in [-0.4, -0.2) is 22.4 Å². The maximum absolute atomic E-state index is 12.1. The van der Waals surface area contributed by atoms with Crippen molar-refractivity contribution in [3.63, 3.8) is 0 Å². The zero-order valence-corrected chi connectivity index (χ0v) is 10.1. The lowest BCUT2D eigenvalue weighted by molar-refractivity contribution is 0.102. The minimum absolute atomic E-state index is 0.248. The Bertz CT molecular complexity index is 629. The summed E-state index contributed by atoms with van der Waals surface area (Å²) in [6, 6.07) is 8.73. The van der Waals surface area contributed by atoms with Gasteiger partial charge in [0.05, 0.1) is 12.1 Å². The van der Waals surface area contributed by atoms with Gasteiger partial charge in [-0.15, -0.1) is 0 Å². The van der Waals surface area contributed by atoms with Gasteiger partial charge in [0.2, 0.25) is 5.95 Å². The average Bonchev–Trinajstić information content (AvgIpc) is 2.46. The Morgan fingerprint density at radius 1 is 1.21 bits per heavy atom. The molecule has 5 nitrogen and oxygen atoms in total. The summed E-state index contributed by atoms with van der Waals surface area (Å²) in [5.41, 5.74) is 6.43. The number of anilines is 1. The summed E-state index contributed by atoms with van der Waals surface area (Å²) in [6.07, 6.45) is 3.12. The Labute approximate surface area is 110 Å². The molecular formula is C14H12N4O. The van der Waals surface area contributed by atoms with Gasteiger partial charge >= 0.3 is 0 Å². The topological polar surface area (TPSA) is 80.9 Å². The molecule has 1 amide bonds. The highest BCUT2D eigenvalue weighted by atomic mass is 16.1. The SMILES string of the molecule is NCC#Cc1ccccc1C(=O)Nc1ncccn1. The second-order valence-electron chi connectivity index (χ2n) is 3.58. The Morgan fingerprint density at radius 2 is 1.95 bits per heavy atom. The number of nitrogens with zero attached hydrogens (tertiary/aromatic N) is 2. The van der Waals surface area contributed by atoms with Crippen molar-refractivity contribution in [3.05, 3.63) is 53.9 Å². The largest absolute Gasteiger partial charge is 0.320 e. The lowest BCUT2D eigenvalue weighted by atomic mass is 10.1. The molecule has 0 aliphatic heterocycles. The van der Waals surface area contributed by atoms with Crippen LogP contribution in [0.25, 0.3) is 0 Å². The van der Waals surface area contributed by atoms with Crippen LogP contribution in [-0.2, 0) is 0 Å². The van der Waals surface area contributed by atoms with Gasteiger partial charge in [-0.3, -0.25) is 10.1 Å². The van der Waals surface area contributed by atoms with Crippen molar-refractivity contribution >= 4 is 11.9 Å². The maximum Gasteiger partial charge on any atom is 0.259 e. The number of hydrogen-bond acceptors (Lipinski definition) is 4. The molecule has 0 saturated carbocycles. The van der Waals surface area contributed by atoms with E-state index in [4.69, 9.17) is 5.73 Å². The van der Waals surface area contributed by atoms with Crippen LogP contribution in [0, 0.1) is 11.8 Å². The van der Waals surface area contributed by atoms with Gasteiger partial charge in [-0.05, 0) is 18.2 Å². The van der Waals surface area contributed by atoms with E-state index in [2.05, 4.69) is 27.1 Å². The number of carbonyl (C=O) groups excluding carboxylic acids is 1. The summed E-state index contributed by atoms with van der Waals surface area (Å²) in [4.78, 5) is 20.0. The normalized spacial score (nSPS) is 9.32. The van der Waals surface area contributed by atoms with Crippen LogP contribution in [0.2, 0.25) is 0 Å². The smallest absolute Gasteiger partial charge is 0.259 e. The molecule has 0 fully saturated rings. The number of nitrogens with one attached hydrogen (secondary N) is 1. The van der Waals surface area contributed by atoms with Gasteiger partial charge in [0, 0.05) is 18.0 Å². The fourth-order valence-electron chi connectivity index (χ4n) is 1.47. The van der Waals surface area contributed by atoms with E-state index in [9.17, 15) is 4.79 Å². The van der Waals surface area contributed by atoms with E-state index in [1.54, 1.807) is 36.7 Å². The van der Waals surface area contributed by atoms with E-state index < -0.39 is 0 Å². The summed E-state index contributed by atoms with van der Waals surface area (Å²) in [5.74, 6) is 5.55. The number of carbonyl (C=O) groups is 1. The number of rotatable bonds is 2. The van der Waals surface area contributed by atoms with Crippen molar-refractivity contribution in [1.29, 1.82) is 0 Å². The zero-order chi connectivity index (χ0) is 13.5. The molecule has 0 aliphatic carbocycles. The molecule has 3 N–H and O–H groups in total. The minimum Gasteiger partial charge on any atom is -0.320 e. The quantitative estimate of drug-likeness (QED) is 0.782. The molecule has 94 valence electrons. The van der Waals surface area contributed by atoms with E-state index in [0.29, 0.717) is 11.1 Å². The molecule has 19 heavy (non-hydrogen) atoms. The molecular weight excluding hydrogens is 240 g/mol. The number of nitrogens with two attached hydrogens (primary N) is 1. The second kappa shape index (κ2) is 6.28. The lowest BCUT2D eigenvalue weighted by Gasteiger charge is -2.04. The van der Waals surface area contributed by atoms with Gasteiger partial charge in [-0.1, -0.05) is 24.0 Å². The fraction of sp³-hybridized carbons (Fsp3) is 0.0714. The van der Waals surface area contributed by atoms with Crippen LogP contribution in [0.1, 0.15) is 15.9 Å². The van der Waals surface area contributed by atoms with Gasteiger partial charge in [0.25, 0.3) is 5.91 Å². The molecule has 0 radical (unpaired) electrons. The van der Waals surface area contributed by atoms with Crippen molar-refractivity contribution in [2.45, 2.75) is 0 Å². The highest BCUT2D eigenvalue weighted by Gasteiger charge is 2.10. The van der Waals surface area contributed by atoms with E-state index in [-0.39, 0.29) is 18.4 Å². The molecule has 5 heteroatoms. The first-order chi connectivity index (χ1) is 9.31. The van der Waals surface area contributed by atoms with E-state index in [0.717, 1.165) is 0 Å². The van der Waals surface area contributed by atoms with Crippen LogP contribution in [0.4, 0.5) is 5.95 Å². The monoisotopic (exact) mass is 252 g/mol. The standard InChI is InChI=1S/C14H12N4O/c15-8-3-6-11-5-1-2-7-12(11)13(19)18-14-16-9-4-10-17-14/h1-2,4-5,7,9-10H,8,15H2,(H,16,17,18,19). The van der Waals surface area contributed by atoms with Crippen molar-refractivity contribution in [1.82, 2.24) is 9.97 Å². The summed E-state index contributed by atoms with van der Waals surface area (Å²) in [6.45, 7) is 0.248. The number of aromatic nitrogens is 2. The van der Waals surface area contributed by atoms with E-state index >= 15 is 0 Å². The Balaban J connectivity index is 2.24. The third-order valence-electron chi connectivity index (χ3n) is 2.29. The molecule has 0 spiro atoms. The molecule has 0 atom stereocenters. The number of benzene rings is 1. The minimum atomic E-state index is -0.298. The van der Waals surface area contributed by atoms with Crippen molar-refractivity contribution in [2.24, 2.45) is 5.73 Å².